The minimum Gasteiger partial charge on any atom is -0.444 e. The zero-order valence-electron chi connectivity index (χ0n) is 15.0. The highest BCUT2D eigenvalue weighted by Crippen LogP contribution is 2.19. The third-order valence-corrected chi connectivity index (χ3v) is 4.69. The van der Waals surface area contributed by atoms with Gasteiger partial charge in [-0.25, -0.2) is 4.79 Å². The van der Waals surface area contributed by atoms with Gasteiger partial charge >= 0.3 is 6.09 Å². The quantitative estimate of drug-likeness (QED) is 0.651. The van der Waals surface area contributed by atoms with Crippen molar-refractivity contribution in [2.45, 2.75) is 69.7 Å². The maximum absolute atomic E-state index is 12.1. The lowest BCUT2D eigenvalue weighted by atomic mass is 9.88. The molecule has 3 N–H and O–H groups in total. The fraction of sp³-hybridized carbons (Fsp3) is 0.882. The van der Waals surface area contributed by atoms with Gasteiger partial charge in [0.15, 0.2) is 0 Å². The molecule has 0 aromatic heterocycles. The molecule has 7 nitrogen and oxygen atoms in total. The summed E-state index contributed by atoms with van der Waals surface area (Å²) >= 11 is 0. The highest BCUT2D eigenvalue weighted by Gasteiger charge is 2.35. The van der Waals surface area contributed by atoms with Crippen molar-refractivity contribution in [1.29, 1.82) is 0 Å². The lowest BCUT2D eigenvalue weighted by Crippen LogP contribution is -2.60. The Labute approximate surface area is 144 Å². The molecule has 0 aliphatic carbocycles. The monoisotopic (exact) mass is 341 g/mol. The largest absolute Gasteiger partial charge is 0.444 e. The van der Waals surface area contributed by atoms with E-state index in [-0.39, 0.29) is 18.2 Å². The number of aliphatic hydroxyl groups excluding tert-OH is 1. The standard InChI is InChI=1S/C17H31N3O4/c1-16(2,3)24-15(23)20-8-5-13(6-9-20)18-11-17(12-21)7-4-14(22)10-19-17/h12-14,18-19,22H,4-11H2,1-3H3/t14-,17?/m0/s1. The summed E-state index contributed by atoms with van der Waals surface area (Å²) in [5.74, 6) is 0. The molecule has 0 radical (unpaired) electrons. The topological polar surface area (TPSA) is 90.9 Å². The van der Waals surface area contributed by atoms with Crippen LogP contribution < -0.4 is 10.6 Å². The van der Waals surface area contributed by atoms with Gasteiger partial charge in [-0.2, -0.15) is 0 Å². The van der Waals surface area contributed by atoms with E-state index in [0.717, 1.165) is 19.1 Å². The SMILES string of the molecule is CC(C)(C)OC(=O)N1CCC(NCC2(C=O)CC[C@H](O)CN2)CC1. The molecule has 2 fully saturated rings. The summed E-state index contributed by atoms with van der Waals surface area (Å²) < 4.78 is 5.40. The smallest absolute Gasteiger partial charge is 0.410 e. The fourth-order valence-electron chi connectivity index (χ4n) is 3.15. The number of β-amino-alcohol motifs (C(OH)–C–C–N with tert-alkyl or cyclic N) is 1. The number of likely N-dealkylation sites (tertiary alicyclic amines) is 1. The second-order valence-electron chi connectivity index (χ2n) is 7.97. The average Bonchev–Trinajstić information content (AvgIpc) is 2.54. The fourth-order valence-corrected chi connectivity index (χ4v) is 3.15. The van der Waals surface area contributed by atoms with Crippen LogP contribution in [0.2, 0.25) is 0 Å². The van der Waals surface area contributed by atoms with E-state index in [2.05, 4.69) is 10.6 Å². The molecule has 2 heterocycles. The summed E-state index contributed by atoms with van der Waals surface area (Å²) in [6.07, 6.45) is 3.31. The van der Waals surface area contributed by atoms with E-state index in [9.17, 15) is 14.7 Å². The Balaban J connectivity index is 1.75. The molecule has 1 amide bonds. The first kappa shape index (κ1) is 19.1. The minimum atomic E-state index is -0.582. The van der Waals surface area contributed by atoms with Crippen LogP contribution in [0.15, 0.2) is 0 Å². The minimum absolute atomic E-state index is 0.256. The second kappa shape index (κ2) is 7.80. The van der Waals surface area contributed by atoms with Crippen LogP contribution in [0.3, 0.4) is 0 Å². The van der Waals surface area contributed by atoms with Gasteiger partial charge in [0, 0.05) is 32.2 Å². The van der Waals surface area contributed by atoms with E-state index in [1.165, 1.54) is 0 Å². The summed E-state index contributed by atoms with van der Waals surface area (Å²) in [5, 5.41) is 16.2. The Kier molecular flexibility index (Phi) is 6.22. The second-order valence-corrected chi connectivity index (χ2v) is 7.97. The summed E-state index contributed by atoms with van der Waals surface area (Å²) in [4.78, 5) is 25.3. The number of carbonyl (C=O) groups is 2. The van der Waals surface area contributed by atoms with E-state index in [1.54, 1.807) is 4.90 Å². The number of nitrogens with zero attached hydrogens (tertiary/aromatic N) is 1. The molecular weight excluding hydrogens is 310 g/mol. The van der Waals surface area contributed by atoms with E-state index in [0.29, 0.717) is 39.0 Å². The van der Waals surface area contributed by atoms with Crippen molar-refractivity contribution in [3.63, 3.8) is 0 Å². The number of amides is 1. The van der Waals surface area contributed by atoms with Gasteiger partial charge in [-0.3, -0.25) is 0 Å². The van der Waals surface area contributed by atoms with E-state index in [1.807, 2.05) is 20.8 Å². The Hall–Kier alpha value is -1.18. The molecular formula is C17H31N3O4. The van der Waals surface area contributed by atoms with E-state index < -0.39 is 11.1 Å². The molecule has 0 aromatic carbocycles. The van der Waals surface area contributed by atoms with Crippen molar-refractivity contribution in [3.8, 4) is 0 Å². The third-order valence-electron chi connectivity index (χ3n) is 4.69. The number of nitrogens with one attached hydrogen (secondary N) is 2. The normalized spacial score (nSPS) is 29.3. The van der Waals surface area contributed by atoms with Crippen LogP contribution in [-0.4, -0.2) is 71.9 Å². The lowest BCUT2D eigenvalue weighted by molar-refractivity contribution is -0.115. The van der Waals surface area contributed by atoms with Crippen molar-refractivity contribution >= 4 is 12.4 Å². The highest BCUT2D eigenvalue weighted by molar-refractivity contribution is 5.68. The van der Waals surface area contributed by atoms with Gasteiger partial charge in [0.2, 0.25) is 0 Å². The highest BCUT2D eigenvalue weighted by atomic mass is 16.6. The van der Waals surface area contributed by atoms with Crippen molar-refractivity contribution in [1.82, 2.24) is 15.5 Å². The zero-order valence-corrected chi connectivity index (χ0v) is 15.0. The molecule has 7 heteroatoms. The molecule has 2 aliphatic heterocycles. The van der Waals surface area contributed by atoms with Crippen LogP contribution >= 0.6 is 0 Å². The molecule has 24 heavy (non-hydrogen) atoms. The molecule has 2 aliphatic rings. The van der Waals surface area contributed by atoms with Crippen LogP contribution in [0.25, 0.3) is 0 Å². The average molecular weight is 341 g/mol. The molecule has 0 aromatic rings. The number of aliphatic hydroxyl groups is 1. The van der Waals surface area contributed by atoms with Crippen LogP contribution in [0.4, 0.5) is 4.79 Å². The van der Waals surface area contributed by atoms with Gasteiger partial charge in [0.1, 0.15) is 11.9 Å². The Morgan fingerprint density at radius 1 is 1.38 bits per heavy atom. The molecule has 138 valence electrons. The summed E-state index contributed by atoms with van der Waals surface area (Å²) in [6, 6.07) is 0.286. The maximum atomic E-state index is 12.1. The summed E-state index contributed by atoms with van der Waals surface area (Å²) in [5.41, 5.74) is -1.05. The van der Waals surface area contributed by atoms with Gasteiger partial charge in [-0.05, 0) is 46.5 Å². The number of hydrogen-bond donors (Lipinski definition) is 3. The van der Waals surface area contributed by atoms with Gasteiger partial charge in [0.05, 0.1) is 11.6 Å². The first-order valence-electron chi connectivity index (χ1n) is 8.84. The van der Waals surface area contributed by atoms with Gasteiger partial charge in [-0.1, -0.05) is 0 Å². The first-order chi connectivity index (χ1) is 11.2. The number of rotatable bonds is 4. The molecule has 0 spiro atoms. The first-order valence-corrected chi connectivity index (χ1v) is 8.84. The van der Waals surface area contributed by atoms with Gasteiger partial charge in [0.25, 0.3) is 0 Å². The van der Waals surface area contributed by atoms with E-state index in [4.69, 9.17) is 4.74 Å². The van der Waals surface area contributed by atoms with Crippen molar-refractivity contribution < 1.29 is 19.4 Å². The van der Waals surface area contributed by atoms with Crippen molar-refractivity contribution in [2.24, 2.45) is 0 Å². The number of carbonyl (C=O) groups excluding carboxylic acids is 2. The summed E-state index contributed by atoms with van der Waals surface area (Å²) in [6.45, 7) is 7.93. The molecule has 2 atom stereocenters. The molecule has 2 rings (SSSR count). The van der Waals surface area contributed by atoms with Crippen LogP contribution in [0.1, 0.15) is 46.5 Å². The lowest BCUT2D eigenvalue weighted by Gasteiger charge is -2.38. The van der Waals surface area contributed by atoms with Crippen LogP contribution in [0, 0.1) is 0 Å². The molecule has 2 saturated heterocycles. The molecule has 0 bridgehead atoms. The number of ether oxygens (including phenoxy) is 1. The summed E-state index contributed by atoms with van der Waals surface area (Å²) in [7, 11) is 0. The Morgan fingerprint density at radius 2 is 2.04 bits per heavy atom. The number of hydrogen-bond acceptors (Lipinski definition) is 6. The van der Waals surface area contributed by atoms with Gasteiger partial charge in [-0.15, -0.1) is 0 Å². The van der Waals surface area contributed by atoms with Gasteiger partial charge < -0.3 is 30.2 Å². The molecule has 0 saturated carbocycles. The van der Waals surface area contributed by atoms with Crippen LogP contribution in [0.5, 0.6) is 0 Å². The molecule has 1 unspecified atom stereocenters. The Morgan fingerprint density at radius 3 is 2.54 bits per heavy atom. The van der Waals surface area contributed by atoms with Crippen molar-refractivity contribution in [2.75, 3.05) is 26.2 Å². The Bertz CT molecular complexity index is 434. The van der Waals surface area contributed by atoms with Crippen molar-refractivity contribution in [3.05, 3.63) is 0 Å². The zero-order chi connectivity index (χ0) is 17.8. The van der Waals surface area contributed by atoms with E-state index >= 15 is 0 Å². The number of aldehydes is 1. The van der Waals surface area contributed by atoms with Crippen LogP contribution in [-0.2, 0) is 9.53 Å². The maximum Gasteiger partial charge on any atom is 0.410 e. The predicted molar refractivity (Wildman–Crippen MR) is 90.9 cm³/mol. The number of piperidine rings is 2. The predicted octanol–water partition coefficient (Wildman–Crippen LogP) is 0.658. The third kappa shape index (κ3) is 5.43.